The summed E-state index contributed by atoms with van der Waals surface area (Å²) >= 11 is 6.22. The van der Waals surface area contributed by atoms with Crippen molar-refractivity contribution in [2.75, 3.05) is 11.9 Å². The number of aromatic nitrogens is 3. The van der Waals surface area contributed by atoms with E-state index in [1.165, 1.54) is 0 Å². The van der Waals surface area contributed by atoms with Crippen LogP contribution in [0, 0.1) is 0 Å². The van der Waals surface area contributed by atoms with Gasteiger partial charge in [-0.25, -0.2) is 9.97 Å². The van der Waals surface area contributed by atoms with Gasteiger partial charge in [-0.2, -0.15) is 0 Å². The number of hydrogen-bond acceptors (Lipinski definition) is 3. The van der Waals surface area contributed by atoms with Crippen molar-refractivity contribution in [1.82, 2.24) is 15.0 Å². The fraction of sp³-hybridized carbons (Fsp3) is 0.143. The summed E-state index contributed by atoms with van der Waals surface area (Å²) in [5, 5.41) is 4.74. The van der Waals surface area contributed by atoms with Crippen molar-refractivity contribution in [2.24, 2.45) is 0 Å². The molecule has 19 heavy (non-hydrogen) atoms. The van der Waals surface area contributed by atoms with E-state index in [2.05, 4.69) is 20.3 Å². The zero-order chi connectivity index (χ0) is 13.2. The number of nitrogens with zero attached hydrogens (tertiary/aromatic N) is 2. The van der Waals surface area contributed by atoms with Crippen molar-refractivity contribution < 1.29 is 0 Å². The van der Waals surface area contributed by atoms with Gasteiger partial charge in [0.25, 0.3) is 0 Å². The van der Waals surface area contributed by atoms with Gasteiger partial charge in [0.05, 0.1) is 16.9 Å². The van der Waals surface area contributed by atoms with Crippen LogP contribution in [0.1, 0.15) is 6.92 Å². The number of anilines is 1. The minimum Gasteiger partial charge on any atom is -0.360 e. The van der Waals surface area contributed by atoms with E-state index >= 15 is 0 Å². The molecule has 1 aromatic carbocycles. The van der Waals surface area contributed by atoms with Crippen LogP contribution in [0.5, 0.6) is 0 Å². The number of aromatic amines is 1. The molecule has 0 saturated heterocycles. The minimum absolute atomic E-state index is 0.548. The van der Waals surface area contributed by atoms with E-state index in [-0.39, 0.29) is 0 Å². The topological polar surface area (TPSA) is 53.6 Å². The van der Waals surface area contributed by atoms with Gasteiger partial charge in [-0.05, 0) is 13.0 Å². The summed E-state index contributed by atoms with van der Waals surface area (Å²) in [6.45, 7) is 2.78. The van der Waals surface area contributed by atoms with Crippen LogP contribution < -0.4 is 5.32 Å². The lowest BCUT2D eigenvalue weighted by atomic mass is 10.1. The second-order valence-corrected chi connectivity index (χ2v) is 4.58. The van der Waals surface area contributed by atoms with Crippen LogP contribution in [0.25, 0.3) is 22.2 Å². The third-order valence-electron chi connectivity index (χ3n) is 2.92. The molecule has 3 rings (SSSR count). The highest BCUT2D eigenvalue weighted by molar-refractivity contribution is 6.33. The molecule has 0 bridgehead atoms. The van der Waals surface area contributed by atoms with Gasteiger partial charge in [0.1, 0.15) is 0 Å². The molecule has 0 unspecified atom stereocenters. The lowest BCUT2D eigenvalue weighted by Gasteiger charge is -2.05. The van der Waals surface area contributed by atoms with E-state index in [1.54, 1.807) is 6.20 Å². The zero-order valence-electron chi connectivity index (χ0n) is 10.4. The van der Waals surface area contributed by atoms with Gasteiger partial charge in [-0.15, -0.1) is 0 Å². The first-order chi connectivity index (χ1) is 9.29. The van der Waals surface area contributed by atoms with Crippen molar-refractivity contribution in [1.29, 1.82) is 0 Å². The Hall–Kier alpha value is -2.07. The third-order valence-corrected chi connectivity index (χ3v) is 3.20. The average molecular weight is 273 g/mol. The smallest absolute Gasteiger partial charge is 0.223 e. The quantitative estimate of drug-likeness (QED) is 0.764. The zero-order valence-corrected chi connectivity index (χ0v) is 11.2. The Morgan fingerprint density at radius 2 is 2.16 bits per heavy atom. The van der Waals surface area contributed by atoms with E-state index in [1.807, 2.05) is 37.4 Å². The van der Waals surface area contributed by atoms with Crippen molar-refractivity contribution in [3.63, 3.8) is 0 Å². The van der Waals surface area contributed by atoms with Crippen LogP contribution >= 0.6 is 11.6 Å². The molecule has 2 N–H and O–H groups in total. The van der Waals surface area contributed by atoms with Crippen molar-refractivity contribution in [3.8, 4) is 11.3 Å². The monoisotopic (exact) mass is 272 g/mol. The summed E-state index contributed by atoms with van der Waals surface area (Å²) in [5.41, 5.74) is 2.80. The van der Waals surface area contributed by atoms with E-state index < -0.39 is 0 Å². The van der Waals surface area contributed by atoms with E-state index in [0.29, 0.717) is 11.0 Å². The summed E-state index contributed by atoms with van der Waals surface area (Å²) in [6.07, 6.45) is 3.55. The SMILES string of the molecule is CCNc1ncc(Cl)c(-c2c[nH]c3ccccc23)n1. The van der Waals surface area contributed by atoms with Crippen LogP contribution in [-0.4, -0.2) is 21.5 Å². The normalized spacial score (nSPS) is 10.8. The molecule has 2 aromatic heterocycles. The summed E-state index contributed by atoms with van der Waals surface area (Å²) < 4.78 is 0. The third kappa shape index (κ3) is 2.15. The maximum Gasteiger partial charge on any atom is 0.223 e. The molecular formula is C14H13ClN4. The molecule has 0 aliphatic carbocycles. The van der Waals surface area contributed by atoms with Crippen LogP contribution in [-0.2, 0) is 0 Å². The molecule has 0 aliphatic heterocycles. The predicted molar refractivity (Wildman–Crippen MR) is 78.5 cm³/mol. The van der Waals surface area contributed by atoms with Gasteiger partial charge in [0.2, 0.25) is 5.95 Å². The van der Waals surface area contributed by atoms with E-state index in [0.717, 1.165) is 28.7 Å². The molecule has 0 aliphatic rings. The molecular weight excluding hydrogens is 260 g/mol. The van der Waals surface area contributed by atoms with Gasteiger partial charge in [-0.3, -0.25) is 0 Å². The molecule has 0 saturated carbocycles. The van der Waals surface area contributed by atoms with Gasteiger partial charge in [-0.1, -0.05) is 29.8 Å². The Labute approximate surface area is 115 Å². The Bertz CT molecular complexity index is 720. The summed E-state index contributed by atoms with van der Waals surface area (Å²) in [4.78, 5) is 11.9. The molecule has 0 fully saturated rings. The number of hydrogen-bond donors (Lipinski definition) is 2. The highest BCUT2D eigenvalue weighted by Gasteiger charge is 2.12. The number of fused-ring (bicyclic) bond motifs is 1. The number of halogens is 1. The molecule has 0 spiro atoms. The molecule has 0 amide bonds. The Kier molecular flexibility index (Phi) is 3.09. The van der Waals surface area contributed by atoms with Gasteiger partial charge < -0.3 is 10.3 Å². The standard InChI is InChI=1S/C14H13ClN4/c1-2-16-14-18-8-11(15)13(19-14)10-7-17-12-6-4-3-5-9(10)12/h3-8,17H,2H2,1H3,(H,16,18,19). The van der Waals surface area contributed by atoms with E-state index in [9.17, 15) is 0 Å². The number of rotatable bonds is 3. The maximum atomic E-state index is 6.22. The number of benzene rings is 1. The Morgan fingerprint density at radius 3 is 3.00 bits per heavy atom. The van der Waals surface area contributed by atoms with Gasteiger partial charge in [0.15, 0.2) is 0 Å². The molecule has 0 radical (unpaired) electrons. The van der Waals surface area contributed by atoms with Crippen LogP contribution in [0.15, 0.2) is 36.7 Å². The molecule has 4 nitrogen and oxygen atoms in total. The van der Waals surface area contributed by atoms with Crippen LogP contribution in [0.4, 0.5) is 5.95 Å². The highest BCUT2D eigenvalue weighted by atomic mass is 35.5. The molecule has 96 valence electrons. The van der Waals surface area contributed by atoms with Crippen molar-refractivity contribution in [3.05, 3.63) is 41.7 Å². The second kappa shape index (κ2) is 4.90. The molecule has 3 aromatic rings. The number of H-pyrrole nitrogens is 1. The largest absolute Gasteiger partial charge is 0.360 e. The molecule has 0 atom stereocenters. The highest BCUT2D eigenvalue weighted by Crippen LogP contribution is 2.32. The first-order valence-corrected chi connectivity index (χ1v) is 6.50. The lowest BCUT2D eigenvalue weighted by molar-refractivity contribution is 1.09. The van der Waals surface area contributed by atoms with Gasteiger partial charge >= 0.3 is 0 Å². The fourth-order valence-electron chi connectivity index (χ4n) is 2.07. The average Bonchev–Trinajstić information content (AvgIpc) is 2.85. The molecule has 5 heteroatoms. The molecule has 2 heterocycles. The second-order valence-electron chi connectivity index (χ2n) is 4.17. The van der Waals surface area contributed by atoms with Crippen LogP contribution in [0.3, 0.4) is 0 Å². The van der Waals surface area contributed by atoms with Crippen LogP contribution in [0.2, 0.25) is 5.02 Å². The Balaban J connectivity index is 2.17. The number of nitrogens with one attached hydrogen (secondary N) is 2. The number of para-hydroxylation sites is 1. The van der Waals surface area contributed by atoms with Gasteiger partial charge in [0, 0.05) is 29.2 Å². The predicted octanol–water partition coefficient (Wildman–Crippen LogP) is 3.71. The lowest BCUT2D eigenvalue weighted by Crippen LogP contribution is -2.02. The maximum absolute atomic E-state index is 6.22. The van der Waals surface area contributed by atoms with Crippen molar-refractivity contribution in [2.45, 2.75) is 6.92 Å². The summed E-state index contributed by atoms with van der Waals surface area (Å²) in [7, 11) is 0. The van der Waals surface area contributed by atoms with E-state index in [4.69, 9.17) is 11.6 Å². The Morgan fingerprint density at radius 1 is 1.32 bits per heavy atom. The first kappa shape index (κ1) is 12.0. The first-order valence-electron chi connectivity index (χ1n) is 6.12. The summed E-state index contributed by atoms with van der Waals surface area (Å²) in [5.74, 6) is 0.590. The summed E-state index contributed by atoms with van der Waals surface area (Å²) in [6, 6.07) is 8.07. The fourth-order valence-corrected chi connectivity index (χ4v) is 2.26. The van der Waals surface area contributed by atoms with Crippen molar-refractivity contribution >= 4 is 28.5 Å². The minimum atomic E-state index is 0.548.